The topological polar surface area (TPSA) is 113 Å². The van der Waals surface area contributed by atoms with Gasteiger partial charge in [-0.15, -0.1) is 0 Å². The summed E-state index contributed by atoms with van der Waals surface area (Å²) in [6, 6.07) is 12.4. The van der Waals surface area contributed by atoms with Crippen molar-refractivity contribution in [3.63, 3.8) is 0 Å². The minimum atomic E-state index is -1.14. The Kier molecular flexibility index (Phi) is 9.00. The number of esters is 1. The van der Waals surface area contributed by atoms with Gasteiger partial charge in [-0.2, -0.15) is 0 Å². The highest BCUT2D eigenvalue weighted by Crippen LogP contribution is 2.31. The molecular weight excluding hydrogens is 453 g/mol. The summed E-state index contributed by atoms with van der Waals surface area (Å²) in [5, 5.41) is 13.0. The van der Waals surface area contributed by atoms with Crippen molar-refractivity contribution in [2.24, 2.45) is 0 Å². The largest absolute Gasteiger partial charge is 0.493 e. The number of benzene rings is 2. The van der Waals surface area contributed by atoms with Gasteiger partial charge in [0.05, 0.1) is 25.7 Å². The van der Waals surface area contributed by atoms with Crippen LogP contribution in [0.1, 0.15) is 52.2 Å². The van der Waals surface area contributed by atoms with Crippen LogP contribution in [0.5, 0.6) is 17.2 Å². The number of fused-ring (bicyclic) bond motifs is 1. The fourth-order valence-electron chi connectivity index (χ4n) is 3.49. The zero-order valence-electron chi connectivity index (χ0n) is 20.5. The Hall–Kier alpha value is -3.24. The van der Waals surface area contributed by atoms with Gasteiger partial charge >= 0.3 is 19.2 Å². The van der Waals surface area contributed by atoms with Crippen LogP contribution in [0.4, 0.5) is 4.79 Å². The molecule has 1 aliphatic rings. The molecule has 0 saturated heterocycles. The summed E-state index contributed by atoms with van der Waals surface area (Å²) in [7, 11) is -1.14. The molecule has 35 heavy (non-hydrogen) atoms. The minimum Gasteiger partial charge on any atom is -0.493 e. The Morgan fingerprint density at radius 1 is 1.11 bits per heavy atom. The molecule has 0 unspecified atom stereocenters. The van der Waals surface area contributed by atoms with Crippen molar-refractivity contribution in [1.82, 2.24) is 5.32 Å². The molecule has 0 spiro atoms. The summed E-state index contributed by atoms with van der Waals surface area (Å²) < 4.78 is 27.4. The van der Waals surface area contributed by atoms with Crippen LogP contribution in [0, 0.1) is 0 Å². The highest BCUT2D eigenvalue weighted by atomic mass is 16.6. The van der Waals surface area contributed by atoms with Crippen LogP contribution in [0.2, 0.25) is 0 Å². The van der Waals surface area contributed by atoms with Crippen molar-refractivity contribution in [2.45, 2.75) is 52.2 Å². The molecule has 10 heteroatoms. The second kappa shape index (κ2) is 11.9. The van der Waals surface area contributed by atoms with Crippen LogP contribution in [0.3, 0.4) is 0 Å². The normalized spacial score (nSPS) is 14.8. The van der Waals surface area contributed by atoms with E-state index >= 15 is 0 Å². The van der Waals surface area contributed by atoms with E-state index in [0.29, 0.717) is 48.9 Å². The fraction of sp³-hybridized carbons (Fsp3) is 0.440. The summed E-state index contributed by atoms with van der Waals surface area (Å²) in [6.07, 6.45) is -0.371. The van der Waals surface area contributed by atoms with Crippen LogP contribution in [0.25, 0.3) is 0 Å². The maximum atomic E-state index is 11.8. The molecule has 9 nitrogen and oxygen atoms in total. The molecule has 1 aliphatic heterocycles. The summed E-state index contributed by atoms with van der Waals surface area (Å²) in [5.74, 6) is 1.32. The Balaban J connectivity index is 1.51. The van der Waals surface area contributed by atoms with Crippen molar-refractivity contribution in [3.8, 4) is 17.2 Å². The average Bonchev–Trinajstić information content (AvgIpc) is 3.07. The number of nitrogens with one attached hydrogen (secondary N) is 1. The van der Waals surface area contributed by atoms with Crippen LogP contribution in [-0.4, -0.2) is 49.6 Å². The second-order valence-corrected chi connectivity index (χ2v) is 8.98. The van der Waals surface area contributed by atoms with Gasteiger partial charge in [-0.3, -0.25) is 4.79 Å². The molecule has 0 fully saturated rings. The quantitative estimate of drug-likeness (QED) is 0.299. The molecule has 3 rings (SSSR count). The monoisotopic (exact) mass is 485 g/mol. The summed E-state index contributed by atoms with van der Waals surface area (Å²) >= 11 is 0. The molecule has 2 aromatic carbocycles. The Labute approximate surface area is 205 Å². The van der Waals surface area contributed by atoms with Crippen LogP contribution < -0.4 is 20.3 Å². The Morgan fingerprint density at radius 3 is 2.60 bits per heavy atom. The molecule has 0 saturated carbocycles. The van der Waals surface area contributed by atoms with E-state index in [4.69, 9.17) is 23.6 Å². The van der Waals surface area contributed by atoms with Crippen LogP contribution in [-0.2, 0) is 18.9 Å². The summed E-state index contributed by atoms with van der Waals surface area (Å²) in [6.45, 7) is 8.31. The van der Waals surface area contributed by atoms with Crippen LogP contribution >= 0.6 is 0 Å². The van der Waals surface area contributed by atoms with Gasteiger partial charge in [-0.1, -0.05) is 12.1 Å². The van der Waals surface area contributed by atoms with Gasteiger partial charge in [-0.25, -0.2) is 4.79 Å². The van der Waals surface area contributed by atoms with Gasteiger partial charge in [0.15, 0.2) is 0 Å². The predicted molar refractivity (Wildman–Crippen MR) is 130 cm³/mol. The lowest BCUT2D eigenvalue weighted by atomic mass is 9.79. The number of carbonyl (C=O) groups excluding carboxylic acids is 2. The highest BCUT2D eigenvalue weighted by Gasteiger charge is 2.36. The van der Waals surface area contributed by atoms with Gasteiger partial charge in [0.2, 0.25) is 0 Å². The van der Waals surface area contributed by atoms with Gasteiger partial charge in [0.1, 0.15) is 22.8 Å². The van der Waals surface area contributed by atoms with E-state index in [1.54, 1.807) is 37.3 Å². The fourth-order valence-corrected chi connectivity index (χ4v) is 3.49. The molecular formula is C25H32BNO8. The van der Waals surface area contributed by atoms with E-state index in [0.717, 1.165) is 5.56 Å². The summed E-state index contributed by atoms with van der Waals surface area (Å²) in [4.78, 5) is 23.5. The first kappa shape index (κ1) is 26.4. The average molecular weight is 485 g/mol. The number of rotatable bonds is 10. The van der Waals surface area contributed by atoms with Gasteiger partial charge in [-0.05, 0) is 69.4 Å². The third kappa shape index (κ3) is 8.19. The molecule has 0 aromatic heterocycles. The molecule has 2 N–H and O–H groups in total. The molecule has 0 radical (unpaired) electrons. The van der Waals surface area contributed by atoms with E-state index in [2.05, 4.69) is 5.32 Å². The number of amides is 1. The Bertz CT molecular complexity index is 1020. The van der Waals surface area contributed by atoms with Crippen molar-refractivity contribution >= 4 is 24.6 Å². The third-order valence-corrected chi connectivity index (χ3v) is 4.92. The van der Waals surface area contributed by atoms with Gasteiger partial charge in [0, 0.05) is 12.6 Å². The first-order valence-corrected chi connectivity index (χ1v) is 11.6. The molecule has 1 atom stereocenters. The van der Waals surface area contributed by atoms with E-state index in [-0.39, 0.29) is 12.4 Å². The number of alkyl carbamates (subject to hydrolysis) is 1. The molecule has 0 bridgehead atoms. The highest BCUT2D eigenvalue weighted by molar-refractivity contribution is 6.61. The van der Waals surface area contributed by atoms with E-state index < -0.39 is 24.9 Å². The zero-order chi connectivity index (χ0) is 25.4. The van der Waals surface area contributed by atoms with E-state index in [1.165, 1.54) is 0 Å². The number of carbonyl (C=O) groups is 2. The van der Waals surface area contributed by atoms with Crippen molar-refractivity contribution in [3.05, 3.63) is 48.0 Å². The maximum Gasteiger partial charge on any atom is 0.492 e. The molecule has 2 aromatic rings. The number of hydrogen-bond acceptors (Lipinski definition) is 8. The number of ether oxygens (including phenoxy) is 4. The van der Waals surface area contributed by atoms with E-state index in [1.807, 2.05) is 32.9 Å². The lowest BCUT2D eigenvalue weighted by molar-refractivity contribution is -0.145. The second-order valence-electron chi connectivity index (χ2n) is 8.98. The van der Waals surface area contributed by atoms with E-state index in [9.17, 15) is 14.6 Å². The molecule has 1 heterocycles. The molecule has 1 amide bonds. The Morgan fingerprint density at radius 2 is 1.86 bits per heavy atom. The molecule has 188 valence electrons. The van der Waals surface area contributed by atoms with Crippen molar-refractivity contribution in [1.29, 1.82) is 0 Å². The maximum absolute atomic E-state index is 11.8. The first-order chi connectivity index (χ1) is 16.6. The predicted octanol–water partition coefficient (Wildman–Crippen LogP) is 3.48. The molecule has 0 aliphatic carbocycles. The standard InChI is InChI=1S/C25H32BNO8/c1-5-31-23(28)16-22-20-11-10-19(15-21(20)26(30)35-22)33-18-9-6-8-17(14-18)32-13-7-12-27-24(29)34-25(2,3)4/h6,8-11,14-15,22,30H,5,7,12-13,16H2,1-4H3,(H,27,29)/t22-/m0/s1. The SMILES string of the molecule is CCOC(=O)C[C@@H]1OB(O)c2cc(Oc3cccc(OCCCNC(=O)OC(C)(C)C)c3)ccc21. The van der Waals surface area contributed by atoms with Gasteiger partial charge < -0.3 is 33.9 Å². The zero-order valence-corrected chi connectivity index (χ0v) is 20.5. The van der Waals surface area contributed by atoms with Gasteiger partial charge in [0.25, 0.3) is 0 Å². The summed E-state index contributed by atoms with van der Waals surface area (Å²) in [5.41, 5.74) is 0.756. The minimum absolute atomic E-state index is 0.0325. The number of hydrogen-bond donors (Lipinski definition) is 2. The first-order valence-electron chi connectivity index (χ1n) is 11.6. The van der Waals surface area contributed by atoms with Crippen molar-refractivity contribution in [2.75, 3.05) is 19.8 Å². The van der Waals surface area contributed by atoms with Crippen LogP contribution in [0.15, 0.2) is 42.5 Å². The van der Waals surface area contributed by atoms with Crippen molar-refractivity contribution < 1.29 is 38.2 Å². The third-order valence-electron chi connectivity index (χ3n) is 4.92. The lowest BCUT2D eigenvalue weighted by Gasteiger charge is -2.19. The smallest absolute Gasteiger partial charge is 0.492 e. The lowest BCUT2D eigenvalue weighted by Crippen LogP contribution is -2.33.